The second-order valence-electron chi connectivity index (χ2n) is 30.9. The van der Waals surface area contributed by atoms with Crippen LogP contribution in [0.1, 0.15) is 0 Å². The number of fused-ring (bicyclic) bond motifs is 26. The highest BCUT2D eigenvalue weighted by Crippen LogP contribution is 2.44. The van der Waals surface area contributed by atoms with Gasteiger partial charge in [-0.2, -0.15) is 0 Å². The van der Waals surface area contributed by atoms with Gasteiger partial charge in [-0.25, -0.2) is 39.9 Å². The zero-order chi connectivity index (χ0) is 79.3. The Morgan fingerprint density at radius 3 is 0.934 bits per heavy atom. The number of para-hydroxylation sites is 3. The first kappa shape index (κ1) is 67.7. The second-order valence-corrected chi connectivity index (χ2v) is 30.9. The standard InChI is InChI=1S/C56H33N5O.C52H29N5O2/c1-2-11-36(12-3-1)54-58-55(60-56(59-54)42-23-20-34-10-4-5-13-38(34)30-42)37-21-18-35(19-22-37)39-24-26-46-47(31-39)43-14-6-7-16-45(43)52-53(46)61-29-28-41(33-51(61)57-52)40-25-27-50-48(32-40)44-15-8-9-17-49(44)62-50;1-2-10-30(11-3-1)50-54-51(56-52(55-50)34-20-23-46-42(28-34)37-14-7-9-17-44(37)59-46)33-18-21-39-40(27-33)35-12-4-5-15-38(35)48-49(39)57-25-24-32(29-47(57)53-48)31-19-22-45-41(26-31)36-13-6-8-16-43(36)58-45/h1-33H;1-29H. The summed E-state index contributed by atoms with van der Waals surface area (Å²) in [6.45, 7) is 0. The highest BCUT2D eigenvalue weighted by atomic mass is 16.3. The number of nitrogens with zero attached hydrogens (tertiary/aromatic N) is 10. The van der Waals surface area contributed by atoms with Gasteiger partial charge in [-0.15, -0.1) is 0 Å². The molecule has 0 N–H and O–H groups in total. The largest absolute Gasteiger partial charge is 0.456 e. The zero-order valence-electron chi connectivity index (χ0n) is 64.5. The van der Waals surface area contributed by atoms with Crippen molar-refractivity contribution in [2.45, 2.75) is 0 Å². The number of furan rings is 3. The normalized spacial score (nSPS) is 12.0. The van der Waals surface area contributed by atoms with Crippen molar-refractivity contribution in [3.05, 3.63) is 376 Å². The topological polar surface area (TPSA) is 151 Å². The summed E-state index contributed by atoms with van der Waals surface area (Å²) in [4.78, 5) is 40.9. The van der Waals surface area contributed by atoms with Crippen molar-refractivity contribution in [2.75, 3.05) is 0 Å². The lowest BCUT2D eigenvalue weighted by Crippen LogP contribution is -2.00. The van der Waals surface area contributed by atoms with Crippen LogP contribution >= 0.6 is 0 Å². The molecule has 0 amide bonds. The first-order chi connectivity index (χ1) is 59.9. The lowest BCUT2D eigenvalue weighted by molar-refractivity contribution is 0.668. The second kappa shape index (κ2) is 27.0. The van der Waals surface area contributed by atoms with Crippen molar-refractivity contribution in [2.24, 2.45) is 0 Å². The fourth-order valence-corrected chi connectivity index (χ4v) is 18.0. The van der Waals surface area contributed by atoms with Gasteiger partial charge in [0.15, 0.2) is 34.9 Å². The van der Waals surface area contributed by atoms with E-state index in [1.165, 1.54) is 16.2 Å². The molecular weight excluding hydrogens is 1490 g/mol. The molecule has 9 aromatic heterocycles. The summed E-state index contributed by atoms with van der Waals surface area (Å²) in [6.07, 6.45) is 4.30. The van der Waals surface area contributed by atoms with Crippen LogP contribution in [0.3, 0.4) is 0 Å². The molecule has 0 bridgehead atoms. The average Bonchev–Trinajstić information content (AvgIpc) is 1.60. The predicted octanol–water partition coefficient (Wildman–Crippen LogP) is 27.8. The minimum absolute atomic E-state index is 0.596. The van der Waals surface area contributed by atoms with E-state index in [2.05, 4.69) is 270 Å². The van der Waals surface area contributed by atoms with Gasteiger partial charge in [-0.05, 0) is 169 Å². The molecule has 13 nitrogen and oxygen atoms in total. The maximum Gasteiger partial charge on any atom is 0.164 e. The van der Waals surface area contributed by atoms with Gasteiger partial charge in [0.1, 0.15) is 44.8 Å². The van der Waals surface area contributed by atoms with E-state index in [0.717, 1.165) is 204 Å². The molecule has 121 heavy (non-hydrogen) atoms. The van der Waals surface area contributed by atoms with Crippen molar-refractivity contribution in [1.82, 2.24) is 48.7 Å². The number of hydrogen-bond donors (Lipinski definition) is 0. The lowest BCUT2D eigenvalue weighted by Gasteiger charge is -2.11. The van der Waals surface area contributed by atoms with E-state index >= 15 is 0 Å². The molecule has 0 unspecified atom stereocenters. The molecule has 0 saturated carbocycles. The SMILES string of the molecule is c1ccc(-c2nc(-c3ccc(-c4ccc5c(c4)c4ccccc4c4nc6cc(-c7ccc8oc9ccccc9c8c7)ccn6c54)cc3)nc(-c3ccc4ccccc4c3)n2)cc1.c1ccc(-c2nc(-c3ccc4oc5ccccc5c4c3)nc(-c3ccc4c(c3)c3ccccc3c3nc5cc(-c6ccc7oc8ccccc8c7c6)ccn5c43)n2)cc1. The van der Waals surface area contributed by atoms with E-state index in [1.807, 2.05) is 115 Å². The highest BCUT2D eigenvalue weighted by Gasteiger charge is 2.23. The number of rotatable bonds is 9. The minimum atomic E-state index is 0.596. The first-order valence-corrected chi connectivity index (χ1v) is 40.4. The van der Waals surface area contributed by atoms with Crippen molar-refractivity contribution in [3.8, 4) is 102 Å². The molecule has 0 atom stereocenters. The summed E-state index contributed by atoms with van der Waals surface area (Å²) in [5.41, 5.74) is 23.4. The molecule has 0 aliphatic rings. The molecule has 26 rings (SSSR count). The van der Waals surface area contributed by atoms with Gasteiger partial charge >= 0.3 is 0 Å². The van der Waals surface area contributed by atoms with Crippen LogP contribution in [0.2, 0.25) is 0 Å². The summed E-state index contributed by atoms with van der Waals surface area (Å²) < 4.78 is 22.8. The van der Waals surface area contributed by atoms with Crippen LogP contribution in [-0.4, -0.2) is 48.7 Å². The molecule has 0 aliphatic carbocycles. The third-order valence-electron chi connectivity index (χ3n) is 23.9. The van der Waals surface area contributed by atoms with Gasteiger partial charge in [-0.1, -0.05) is 261 Å². The Balaban J connectivity index is 0.000000134. The van der Waals surface area contributed by atoms with Gasteiger partial charge in [0.05, 0.1) is 22.1 Å². The zero-order valence-corrected chi connectivity index (χ0v) is 64.5. The summed E-state index contributed by atoms with van der Waals surface area (Å²) in [5, 5.41) is 17.9. The maximum atomic E-state index is 6.14. The number of pyridine rings is 2. The van der Waals surface area contributed by atoms with Gasteiger partial charge in [-0.3, -0.25) is 8.80 Å². The minimum Gasteiger partial charge on any atom is -0.456 e. The Bertz CT molecular complexity index is 8810. The van der Waals surface area contributed by atoms with Crippen LogP contribution in [-0.2, 0) is 0 Å². The quantitative estimate of drug-likeness (QED) is 0.127. The van der Waals surface area contributed by atoms with E-state index in [9.17, 15) is 0 Å². The van der Waals surface area contributed by atoms with Crippen molar-refractivity contribution in [3.63, 3.8) is 0 Å². The fraction of sp³-hybridized carbons (Fsp3) is 0. The molecule has 17 aromatic carbocycles. The lowest BCUT2D eigenvalue weighted by atomic mass is 9.95. The van der Waals surface area contributed by atoms with Crippen LogP contribution in [0, 0.1) is 0 Å². The Morgan fingerprint density at radius 2 is 0.463 bits per heavy atom. The Hall–Kier alpha value is -16.6. The van der Waals surface area contributed by atoms with Gasteiger partial charge in [0.25, 0.3) is 0 Å². The van der Waals surface area contributed by atoms with Crippen molar-refractivity contribution < 1.29 is 13.3 Å². The summed E-state index contributed by atoms with van der Waals surface area (Å²) in [7, 11) is 0. The Morgan fingerprint density at radius 1 is 0.165 bits per heavy atom. The van der Waals surface area contributed by atoms with E-state index in [-0.39, 0.29) is 0 Å². The number of benzene rings is 17. The van der Waals surface area contributed by atoms with E-state index in [1.54, 1.807) is 0 Å². The van der Waals surface area contributed by atoms with Crippen LogP contribution in [0.4, 0.5) is 0 Å². The number of aromatic nitrogens is 10. The molecule has 9 heterocycles. The van der Waals surface area contributed by atoms with Crippen molar-refractivity contribution in [1.29, 1.82) is 0 Å². The van der Waals surface area contributed by atoms with E-state index < -0.39 is 0 Å². The number of imidazole rings is 2. The van der Waals surface area contributed by atoms with Gasteiger partial charge in [0, 0.05) is 99.6 Å². The molecule has 562 valence electrons. The summed E-state index contributed by atoms with van der Waals surface area (Å²) in [6, 6.07) is 126. The Kier molecular flexibility index (Phi) is 15.1. The van der Waals surface area contributed by atoms with E-state index in [0.29, 0.717) is 34.9 Å². The third kappa shape index (κ3) is 11.2. The molecule has 0 fully saturated rings. The average molecular weight is 1550 g/mol. The molecular formula is C108H62N10O3. The molecule has 0 saturated heterocycles. The van der Waals surface area contributed by atoms with Crippen LogP contribution in [0.5, 0.6) is 0 Å². The molecule has 13 heteroatoms. The van der Waals surface area contributed by atoms with E-state index in [4.69, 9.17) is 53.1 Å². The third-order valence-corrected chi connectivity index (χ3v) is 23.9. The van der Waals surface area contributed by atoms with Gasteiger partial charge < -0.3 is 13.3 Å². The summed E-state index contributed by atoms with van der Waals surface area (Å²) in [5.74, 6) is 3.72. The fourth-order valence-electron chi connectivity index (χ4n) is 18.0. The van der Waals surface area contributed by atoms with Crippen LogP contribution in [0.15, 0.2) is 390 Å². The van der Waals surface area contributed by atoms with Crippen molar-refractivity contribution >= 4 is 153 Å². The molecule has 0 radical (unpaired) electrons. The van der Waals surface area contributed by atoms with Crippen LogP contribution in [0.25, 0.3) is 255 Å². The monoisotopic (exact) mass is 1550 g/mol. The van der Waals surface area contributed by atoms with Gasteiger partial charge in [0.2, 0.25) is 0 Å². The van der Waals surface area contributed by atoms with Crippen LogP contribution < -0.4 is 0 Å². The highest BCUT2D eigenvalue weighted by molar-refractivity contribution is 6.26. The smallest absolute Gasteiger partial charge is 0.164 e. The Labute approximate surface area is 688 Å². The first-order valence-electron chi connectivity index (χ1n) is 40.4. The maximum absolute atomic E-state index is 6.14. The summed E-state index contributed by atoms with van der Waals surface area (Å²) >= 11 is 0. The molecule has 0 spiro atoms. The number of hydrogen-bond acceptors (Lipinski definition) is 11. The molecule has 0 aliphatic heterocycles. The predicted molar refractivity (Wildman–Crippen MR) is 490 cm³/mol. The molecule has 26 aromatic rings.